The van der Waals surface area contributed by atoms with Crippen LogP contribution in [0.2, 0.25) is 0 Å². The van der Waals surface area contributed by atoms with E-state index < -0.39 is 11.6 Å². The summed E-state index contributed by atoms with van der Waals surface area (Å²) in [6.07, 6.45) is 11.2. The Kier molecular flexibility index (Phi) is 9.65. The number of nitrogens with one attached hydrogen (secondary N) is 1. The van der Waals surface area contributed by atoms with Crippen LogP contribution in [0.3, 0.4) is 0 Å². The highest BCUT2D eigenvalue weighted by Gasteiger charge is 2.47. The number of carbonyl (C=O) groups is 1. The second-order valence-corrected chi connectivity index (χ2v) is 12.8. The molecule has 218 valence electrons. The maximum absolute atomic E-state index is 13.1. The van der Waals surface area contributed by atoms with E-state index in [9.17, 15) is 9.90 Å². The quantitative estimate of drug-likeness (QED) is 0.353. The summed E-state index contributed by atoms with van der Waals surface area (Å²) in [5.74, 6) is 2.53. The van der Waals surface area contributed by atoms with Gasteiger partial charge in [-0.25, -0.2) is 0 Å². The summed E-state index contributed by atoms with van der Waals surface area (Å²) in [7, 11) is 0. The molecule has 2 heterocycles. The maximum Gasteiger partial charge on any atom is 0.146 e. The number of likely N-dealkylation sites (tertiary alicyclic amines) is 1. The van der Waals surface area contributed by atoms with E-state index in [4.69, 9.17) is 4.74 Å². The second-order valence-electron chi connectivity index (χ2n) is 12.8. The summed E-state index contributed by atoms with van der Waals surface area (Å²) in [6.45, 7) is 8.06. The normalized spacial score (nSPS) is 26.4. The molecule has 3 unspecified atom stereocenters. The number of rotatable bonds is 10. The average Bonchev–Trinajstić information content (AvgIpc) is 3.00. The molecule has 40 heavy (non-hydrogen) atoms. The number of hydrogen-bond donors (Lipinski definition) is 2. The summed E-state index contributed by atoms with van der Waals surface area (Å²) in [6, 6.07) is 16.8. The van der Waals surface area contributed by atoms with E-state index >= 15 is 0 Å². The first-order chi connectivity index (χ1) is 19.4. The zero-order chi connectivity index (χ0) is 28.1. The molecule has 2 aromatic rings. The number of carbonyl (C=O) groups excluding carboxylic acids is 1. The van der Waals surface area contributed by atoms with Gasteiger partial charge in [0.1, 0.15) is 11.5 Å². The van der Waals surface area contributed by atoms with Crippen molar-refractivity contribution in [2.45, 2.75) is 109 Å². The van der Waals surface area contributed by atoms with E-state index in [0.29, 0.717) is 19.1 Å². The van der Waals surface area contributed by atoms with Crippen molar-refractivity contribution in [1.82, 2.24) is 10.2 Å². The second kappa shape index (κ2) is 13.2. The van der Waals surface area contributed by atoms with E-state index in [-0.39, 0.29) is 17.9 Å². The number of nitrogens with zero attached hydrogens (tertiary/aromatic N) is 1. The van der Waals surface area contributed by atoms with Gasteiger partial charge in [-0.1, -0.05) is 81.5 Å². The summed E-state index contributed by atoms with van der Waals surface area (Å²) in [5.41, 5.74) is 2.88. The van der Waals surface area contributed by atoms with E-state index in [2.05, 4.69) is 66.5 Å². The van der Waals surface area contributed by atoms with E-state index in [0.717, 1.165) is 49.5 Å². The first-order valence-corrected chi connectivity index (χ1v) is 15.9. The lowest BCUT2D eigenvalue weighted by Crippen LogP contribution is -2.62. The first-order valence-electron chi connectivity index (χ1n) is 15.9. The van der Waals surface area contributed by atoms with Crippen molar-refractivity contribution < 1.29 is 14.6 Å². The van der Waals surface area contributed by atoms with Crippen molar-refractivity contribution in [3.8, 4) is 5.75 Å². The lowest BCUT2D eigenvalue weighted by molar-refractivity contribution is -0.133. The molecule has 0 amide bonds. The molecule has 5 nitrogen and oxygen atoms in total. The van der Waals surface area contributed by atoms with Crippen LogP contribution in [-0.4, -0.2) is 47.6 Å². The number of aliphatic hydroxyl groups excluding tert-OH is 1. The van der Waals surface area contributed by atoms with Gasteiger partial charge in [-0.2, -0.15) is 0 Å². The molecule has 1 saturated heterocycles. The third-order valence-electron chi connectivity index (χ3n) is 10.2. The molecule has 1 aliphatic carbocycles. The van der Waals surface area contributed by atoms with Crippen LogP contribution in [-0.2, 0) is 16.8 Å². The number of aryl methyl sites for hydroxylation is 1. The van der Waals surface area contributed by atoms with Crippen LogP contribution in [0, 0.1) is 11.8 Å². The van der Waals surface area contributed by atoms with E-state index in [1.807, 2.05) is 6.07 Å². The van der Waals surface area contributed by atoms with Crippen LogP contribution >= 0.6 is 0 Å². The molecule has 1 saturated carbocycles. The van der Waals surface area contributed by atoms with Gasteiger partial charge in [0.25, 0.3) is 0 Å². The highest BCUT2D eigenvalue weighted by atomic mass is 16.5. The highest BCUT2D eigenvalue weighted by molar-refractivity contribution is 5.81. The lowest BCUT2D eigenvalue weighted by Gasteiger charge is -2.52. The number of fused-ring (bicyclic) bond motifs is 1. The highest BCUT2D eigenvalue weighted by Crippen LogP contribution is 2.42. The molecule has 3 aliphatic rings. The predicted octanol–water partition coefficient (Wildman–Crippen LogP) is 6.58. The maximum atomic E-state index is 13.1. The lowest BCUT2D eigenvalue weighted by atomic mass is 9.75. The molecule has 2 fully saturated rings. The first kappa shape index (κ1) is 29.3. The standard InChI is InChI=1S/C35H50N2O3/c1-4-26-16-18-33-30(22-26)31(19-20-40-33)36-23-34(39)35(3,29-13-9-6-10-14-29)37-24-28(15-17-32(37)25(2)38)21-27-11-7-5-8-12-27/h6,9-10,13-14,16,18,22,27-28,31-32,34,36,39H,4-5,7-8,11-12,15,17,19-21,23-24H2,1-3H3/t28?,31?,32?,34-,35+/m1/s1. The summed E-state index contributed by atoms with van der Waals surface area (Å²) in [5, 5.41) is 15.8. The SMILES string of the molecule is CCc1ccc2c(c1)C(NC[C@@H](O)[C@](C)(c1ccccc1)N1CC(CC3CCCCC3)CCC1C(C)=O)CCO2. The third kappa shape index (κ3) is 6.32. The molecule has 5 atom stereocenters. The summed E-state index contributed by atoms with van der Waals surface area (Å²) >= 11 is 0. The number of hydrogen-bond acceptors (Lipinski definition) is 5. The Morgan fingerprint density at radius 3 is 2.55 bits per heavy atom. The van der Waals surface area contributed by atoms with E-state index in [1.165, 1.54) is 49.7 Å². The van der Waals surface area contributed by atoms with Crippen molar-refractivity contribution in [3.05, 3.63) is 65.2 Å². The molecular formula is C35H50N2O3. The molecule has 0 spiro atoms. The van der Waals surface area contributed by atoms with Gasteiger partial charge in [0.05, 0.1) is 24.3 Å². The number of ether oxygens (including phenoxy) is 1. The number of Topliss-reactive ketones (excluding diaryl/α,β-unsaturated/α-hetero) is 1. The van der Waals surface area contributed by atoms with Crippen molar-refractivity contribution >= 4 is 5.78 Å². The van der Waals surface area contributed by atoms with Crippen LogP contribution in [0.5, 0.6) is 5.75 Å². The van der Waals surface area contributed by atoms with Gasteiger partial charge in [-0.05, 0) is 68.6 Å². The van der Waals surface area contributed by atoms with Crippen LogP contribution in [0.4, 0.5) is 0 Å². The summed E-state index contributed by atoms with van der Waals surface area (Å²) in [4.78, 5) is 15.4. The molecule has 0 bridgehead atoms. The molecular weight excluding hydrogens is 496 g/mol. The number of benzene rings is 2. The number of aliphatic hydroxyl groups is 1. The zero-order valence-electron chi connectivity index (χ0n) is 24.9. The predicted molar refractivity (Wildman–Crippen MR) is 162 cm³/mol. The van der Waals surface area contributed by atoms with Crippen LogP contribution in [0.15, 0.2) is 48.5 Å². The van der Waals surface area contributed by atoms with Crippen molar-refractivity contribution in [2.24, 2.45) is 11.8 Å². The summed E-state index contributed by atoms with van der Waals surface area (Å²) < 4.78 is 5.96. The third-order valence-corrected chi connectivity index (χ3v) is 10.2. The fourth-order valence-electron chi connectivity index (χ4n) is 7.72. The minimum absolute atomic E-state index is 0.133. The van der Waals surface area contributed by atoms with E-state index in [1.54, 1.807) is 6.92 Å². The minimum atomic E-state index is -0.689. The Morgan fingerprint density at radius 2 is 1.82 bits per heavy atom. The average molecular weight is 547 g/mol. The topological polar surface area (TPSA) is 61.8 Å². The zero-order valence-corrected chi connectivity index (χ0v) is 24.9. The molecule has 5 heteroatoms. The number of ketones is 1. The number of piperidine rings is 1. The molecule has 0 radical (unpaired) electrons. The molecule has 5 rings (SSSR count). The Balaban J connectivity index is 1.40. The molecule has 2 N–H and O–H groups in total. The van der Waals surface area contributed by atoms with Crippen molar-refractivity contribution in [1.29, 1.82) is 0 Å². The fraction of sp³-hybridized carbons (Fsp3) is 0.629. The van der Waals surface area contributed by atoms with Crippen LogP contribution in [0.1, 0.15) is 101 Å². The fourth-order valence-corrected chi connectivity index (χ4v) is 7.72. The minimum Gasteiger partial charge on any atom is -0.493 e. The van der Waals surface area contributed by atoms with Gasteiger partial charge in [0.2, 0.25) is 0 Å². The molecule has 0 aromatic heterocycles. The monoisotopic (exact) mass is 546 g/mol. The van der Waals surface area contributed by atoms with Gasteiger partial charge in [0, 0.05) is 31.1 Å². The van der Waals surface area contributed by atoms with Gasteiger partial charge in [-0.3, -0.25) is 9.69 Å². The Morgan fingerprint density at radius 1 is 1.05 bits per heavy atom. The van der Waals surface area contributed by atoms with Gasteiger partial charge < -0.3 is 15.2 Å². The molecule has 2 aliphatic heterocycles. The van der Waals surface area contributed by atoms with Crippen LogP contribution < -0.4 is 10.1 Å². The smallest absolute Gasteiger partial charge is 0.146 e. The van der Waals surface area contributed by atoms with Gasteiger partial charge in [-0.15, -0.1) is 0 Å². The van der Waals surface area contributed by atoms with Gasteiger partial charge >= 0.3 is 0 Å². The Hall–Kier alpha value is -2.21. The Labute approximate surface area is 241 Å². The van der Waals surface area contributed by atoms with Crippen LogP contribution in [0.25, 0.3) is 0 Å². The van der Waals surface area contributed by atoms with Crippen molar-refractivity contribution in [2.75, 3.05) is 19.7 Å². The largest absolute Gasteiger partial charge is 0.493 e. The molecule has 2 aromatic carbocycles. The van der Waals surface area contributed by atoms with Crippen molar-refractivity contribution in [3.63, 3.8) is 0 Å². The van der Waals surface area contributed by atoms with Gasteiger partial charge in [0.15, 0.2) is 0 Å². The Bertz CT molecular complexity index is 1110.